The number of nitrogens with one attached hydrogen (secondary N) is 1. The Morgan fingerprint density at radius 3 is 2.76 bits per heavy atom. The van der Waals surface area contributed by atoms with E-state index in [1.54, 1.807) is 0 Å². The summed E-state index contributed by atoms with van der Waals surface area (Å²) in [5.41, 5.74) is 1.25. The Bertz CT molecular complexity index is 341. The Labute approximate surface area is 113 Å². The molecule has 3 nitrogen and oxygen atoms in total. The van der Waals surface area contributed by atoms with Gasteiger partial charge in [-0.05, 0) is 42.4 Å². The van der Waals surface area contributed by atoms with Crippen LogP contribution < -0.4 is 10.2 Å². The molecule has 0 spiro atoms. The van der Waals surface area contributed by atoms with Crippen LogP contribution in [-0.2, 0) is 6.54 Å². The summed E-state index contributed by atoms with van der Waals surface area (Å²) in [6.45, 7) is 7.34. The second-order valence-corrected chi connectivity index (χ2v) is 5.02. The third-order valence-corrected chi connectivity index (χ3v) is 3.17. The molecular weight excluding hydrogens is 278 g/mol. The topological polar surface area (TPSA) is 28.2 Å². The number of aromatic nitrogens is 1. The van der Waals surface area contributed by atoms with Gasteiger partial charge < -0.3 is 10.2 Å². The number of unbranched alkanes of at least 4 members (excludes halogenated alkanes) is 1. The molecule has 1 N–H and O–H groups in total. The lowest BCUT2D eigenvalue weighted by molar-refractivity contribution is 0.712. The third-order valence-electron chi connectivity index (χ3n) is 2.74. The molecule has 0 atom stereocenters. The lowest BCUT2D eigenvalue weighted by atomic mass is 10.2. The molecule has 0 aliphatic heterocycles. The standard InChI is InChI=1S/C13H22BrN3/c1-4-6-7-17(5-2)13-11(9-15-3)8-12(14)10-16-13/h8,10,15H,4-7,9H2,1-3H3. The van der Waals surface area contributed by atoms with Gasteiger partial charge in [-0.25, -0.2) is 4.98 Å². The van der Waals surface area contributed by atoms with Crippen LogP contribution in [0.15, 0.2) is 16.7 Å². The molecule has 0 aliphatic rings. The van der Waals surface area contributed by atoms with Crippen molar-refractivity contribution in [3.8, 4) is 0 Å². The maximum Gasteiger partial charge on any atom is 0.133 e. The van der Waals surface area contributed by atoms with E-state index in [4.69, 9.17) is 0 Å². The maximum atomic E-state index is 4.56. The van der Waals surface area contributed by atoms with Gasteiger partial charge in [0.1, 0.15) is 5.82 Å². The lowest BCUT2D eigenvalue weighted by Crippen LogP contribution is -2.27. The highest BCUT2D eigenvalue weighted by molar-refractivity contribution is 9.10. The van der Waals surface area contributed by atoms with Gasteiger partial charge in [0.15, 0.2) is 0 Å². The number of anilines is 1. The highest BCUT2D eigenvalue weighted by Crippen LogP contribution is 2.21. The second kappa shape index (κ2) is 7.67. The molecule has 0 unspecified atom stereocenters. The molecule has 0 radical (unpaired) electrons. The number of hydrogen-bond acceptors (Lipinski definition) is 3. The summed E-state index contributed by atoms with van der Waals surface area (Å²) in [6, 6.07) is 2.15. The molecule has 0 saturated heterocycles. The van der Waals surface area contributed by atoms with Crippen LogP contribution in [0.25, 0.3) is 0 Å². The first kappa shape index (κ1) is 14.5. The molecule has 0 amide bonds. The van der Waals surface area contributed by atoms with E-state index in [2.05, 4.69) is 51.0 Å². The number of nitrogens with zero attached hydrogens (tertiary/aromatic N) is 2. The van der Waals surface area contributed by atoms with Crippen LogP contribution in [0.1, 0.15) is 32.3 Å². The van der Waals surface area contributed by atoms with Crippen molar-refractivity contribution in [3.05, 3.63) is 22.3 Å². The zero-order valence-corrected chi connectivity index (χ0v) is 12.5. The fraction of sp³-hybridized carbons (Fsp3) is 0.615. The van der Waals surface area contributed by atoms with E-state index in [9.17, 15) is 0 Å². The van der Waals surface area contributed by atoms with Gasteiger partial charge in [-0.2, -0.15) is 0 Å². The summed E-state index contributed by atoms with van der Waals surface area (Å²) in [5, 5.41) is 3.20. The zero-order valence-electron chi connectivity index (χ0n) is 11.0. The van der Waals surface area contributed by atoms with Crippen LogP contribution >= 0.6 is 15.9 Å². The van der Waals surface area contributed by atoms with Gasteiger partial charge in [-0.15, -0.1) is 0 Å². The van der Waals surface area contributed by atoms with Gasteiger partial charge in [-0.3, -0.25) is 0 Å². The number of pyridine rings is 1. The Hall–Kier alpha value is -0.610. The third kappa shape index (κ3) is 4.28. The minimum absolute atomic E-state index is 0.852. The first-order valence-corrected chi connectivity index (χ1v) is 7.06. The highest BCUT2D eigenvalue weighted by Gasteiger charge is 2.11. The molecule has 1 aromatic rings. The van der Waals surface area contributed by atoms with E-state index < -0.39 is 0 Å². The first-order chi connectivity index (χ1) is 8.22. The van der Waals surface area contributed by atoms with Crippen LogP contribution in [0.3, 0.4) is 0 Å². The number of rotatable bonds is 7. The molecule has 0 bridgehead atoms. The molecule has 17 heavy (non-hydrogen) atoms. The van der Waals surface area contributed by atoms with Crippen LogP contribution in [-0.4, -0.2) is 25.1 Å². The molecule has 0 saturated carbocycles. The first-order valence-electron chi connectivity index (χ1n) is 6.26. The van der Waals surface area contributed by atoms with Crippen LogP contribution in [0.5, 0.6) is 0 Å². The van der Waals surface area contributed by atoms with E-state index in [0.717, 1.165) is 29.9 Å². The van der Waals surface area contributed by atoms with E-state index in [-0.39, 0.29) is 0 Å². The van der Waals surface area contributed by atoms with Gasteiger partial charge in [0.2, 0.25) is 0 Å². The zero-order chi connectivity index (χ0) is 12.7. The summed E-state index contributed by atoms with van der Waals surface area (Å²) in [4.78, 5) is 6.91. The number of halogens is 1. The van der Waals surface area contributed by atoms with Gasteiger partial charge in [-0.1, -0.05) is 13.3 Å². The van der Waals surface area contributed by atoms with Crippen molar-refractivity contribution in [1.29, 1.82) is 0 Å². The largest absolute Gasteiger partial charge is 0.357 e. The Morgan fingerprint density at radius 2 is 2.18 bits per heavy atom. The van der Waals surface area contributed by atoms with Crippen molar-refractivity contribution >= 4 is 21.7 Å². The van der Waals surface area contributed by atoms with Crippen molar-refractivity contribution in [2.24, 2.45) is 0 Å². The predicted molar refractivity (Wildman–Crippen MR) is 77.5 cm³/mol. The normalized spacial score (nSPS) is 10.6. The molecule has 0 aromatic carbocycles. The van der Waals surface area contributed by atoms with Crippen molar-refractivity contribution in [2.45, 2.75) is 33.2 Å². The lowest BCUT2D eigenvalue weighted by Gasteiger charge is -2.24. The molecule has 1 heterocycles. The average Bonchev–Trinajstić information content (AvgIpc) is 2.32. The Balaban J connectivity index is 2.91. The fourth-order valence-electron chi connectivity index (χ4n) is 1.84. The minimum Gasteiger partial charge on any atom is -0.357 e. The van der Waals surface area contributed by atoms with E-state index in [1.165, 1.54) is 18.4 Å². The summed E-state index contributed by atoms with van der Waals surface area (Å²) >= 11 is 3.48. The van der Waals surface area contributed by atoms with Gasteiger partial charge in [0.05, 0.1) is 0 Å². The second-order valence-electron chi connectivity index (χ2n) is 4.10. The van der Waals surface area contributed by atoms with E-state index in [1.807, 2.05) is 13.2 Å². The molecule has 96 valence electrons. The predicted octanol–water partition coefficient (Wildman–Crippen LogP) is 3.19. The molecule has 1 aromatic heterocycles. The summed E-state index contributed by atoms with van der Waals surface area (Å²) in [5.74, 6) is 1.11. The van der Waals surface area contributed by atoms with Gasteiger partial charge in [0, 0.05) is 35.9 Å². The van der Waals surface area contributed by atoms with E-state index >= 15 is 0 Å². The van der Waals surface area contributed by atoms with Gasteiger partial charge >= 0.3 is 0 Å². The summed E-state index contributed by atoms with van der Waals surface area (Å²) in [7, 11) is 1.97. The molecule has 4 heteroatoms. The monoisotopic (exact) mass is 299 g/mol. The SMILES string of the molecule is CCCCN(CC)c1ncc(Br)cc1CNC. The highest BCUT2D eigenvalue weighted by atomic mass is 79.9. The molecular formula is C13H22BrN3. The molecule has 0 fully saturated rings. The van der Waals surface area contributed by atoms with Crippen molar-refractivity contribution in [2.75, 3.05) is 25.0 Å². The van der Waals surface area contributed by atoms with Gasteiger partial charge in [0.25, 0.3) is 0 Å². The van der Waals surface area contributed by atoms with Crippen molar-refractivity contribution < 1.29 is 0 Å². The molecule has 1 rings (SSSR count). The van der Waals surface area contributed by atoms with Crippen molar-refractivity contribution in [3.63, 3.8) is 0 Å². The quantitative estimate of drug-likeness (QED) is 0.838. The maximum absolute atomic E-state index is 4.56. The summed E-state index contributed by atoms with van der Waals surface area (Å²) < 4.78 is 1.04. The van der Waals surface area contributed by atoms with E-state index in [0.29, 0.717) is 0 Å². The number of hydrogen-bond donors (Lipinski definition) is 1. The average molecular weight is 300 g/mol. The smallest absolute Gasteiger partial charge is 0.133 e. The minimum atomic E-state index is 0.852. The Kier molecular flexibility index (Phi) is 6.52. The summed E-state index contributed by atoms with van der Waals surface area (Å²) in [6.07, 6.45) is 4.31. The van der Waals surface area contributed by atoms with Crippen molar-refractivity contribution in [1.82, 2.24) is 10.3 Å². The molecule has 0 aliphatic carbocycles. The fourth-order valence-corrected chi connectivity index (χ4v) is 2.22. The van der Waals surface area contributed by atoms with Crippen LogP contribution in [0.2, 0.25) is 0 Å². The van der Waals surface area contributed by atoms with Crippen LogP contribution in [0, 0.1) is 0 Å². The van der Waals surface area contributed by atoms with Crippen LogP contribution in [0.4, 0.5) is 5.82 Å². The Morgan fingerprint density at radius 1 is 1.41 bits per heavy atom.